The maximum atomic E-state index is 9.29. The van der Waals surface area contributed by atoms with Crippen molar-refractivity contribution in [1.29, 1.82) is 0 Å². The van der Waals surface area contributed by atoms with Crippen LogP contribution in [0.25, 0.3) is 0 Å². The van der Waals surface area contributed by atoms with Gasteiger partial charge in [0.05, 0.1) is 13.7 Å². The predicted molar refractivity (Wildman–Crippen MR) is 85.5 cm³/mol. The number of piperidine rings is 1. The lowest BCUT2D eigenvalue weighted by molar-refractivity contribution is 0.155. The maximum absolute atomic E-state index is 9.29. The third-order valence-electron chi connectivity index (χ3n) is 4.25. The Morgan fingerprint density at radius 2 is 2.00 bits per heavy atom. The van der Waals surface area contributed by atoms with Crippen LogP contribution >= 0.6 is 0 Å². The highest BCUT2D eigenvalue weighted by atomic mass is 16.5. The smallest absolute Gasteiger partial charge is 0.123 e. The van der Waals surface area contributed by atoms with E-state index in [-0.39, 0.29) is 6.61 Å². The summed E-state index contributed by atoms with van der Waals surface area (Å²) < 4.78 is 5.45. The molecule has 1 saturated heterocycles. The third kappa shape index (κ3) is 4.70. The summed E-state index contributed by atoms with van der Waals surface area (Å²) in [5.74, 6) is 1.74. The van der Waals surface area contributed by atoms with Crippen molar-refractivity contribution in [3.05, 3.63) is 29.3 Å². The molecule has 0 atom stereocenters. The summed E-state index contributed by atoms with van der Waals surface area (Å²) in [7, 11) is 6.01. The van der Waals surface area contributed by atoms with Crippen LogP contribution in [0.1, 0.15) is 24.0 Å². The Kier molecular flexibility index (Phi) is 6.03. The first-order valence-corrected chi connectivity index (χ1v) is 7.76. The summed E-state index contributed by atoms with van der Waals surface area (Å²) >= 11 is 0. The molecule has 0 bridgehead atoms. The average molecular weight is 292 g/mol. The first kappa shape index (κ1) is 16.3. The van der Waals surface area contributed by atoms with E-state index in [0.29, 0.717) is 0 Å². The molecule has 1 heterocycles. The molecule has 0 radical (unpaired) electrons. The molecule has 0 unspecified atom stereocenters. The lowest BCUT2D eigenvalue weighted by Crippen LogP contribution is -2.36. The van der Waals surface area contributed by atoms with Crippen molar-refractivity contribution >= 4 is 0 Å². The van der Waals surface area contributed by atoms with Gasteiger partial charge < -0.3 is 14.7 Å². The molecule has 4 nitrogen and oxygen atoms in total. The first-order chi connectivity index (χ1) is 10.1. The summed E-state index contributed by atoms with van der Waals surface area (Å²) in [6.45, 7) is 4.47. The van der Waals surface area contributed by atoms with Gasteiger partial charge in [0.15, 0.2) is 0 Å². The Hall–Kier alpha value is -1.10. The molecule has 0 aromatic heterocycles. The number of aliphatic hydroxyl groups excluding tert-OH is 1. The second-order valence-corrected chi connectivity index (χ2v) is 6.29. The molecule has 1 fully saturated rings. The van der Waals surface area contributed by atoms with Crippen molar-refractivity contribution in [2.45, 2.75) is 26.0 Å². The topological polar surface area (TPSA) is 35.9 Å². The first-order valence-electron chi connectivity index (χ1n) is 7.76. The second kappa shape index (κ2) is 7.78. The van der Waals surface area contributed by atoms with Gasteiger partial charge in [0.25, 0.3) is 0 Å². The lowest BCUT2D eigenvalue weighted by Gasteiger charge is -2.33. The Bertz CT molecular complexity index is 440. The van der Waals surface area contributed by atoms with Crippen LogP contribution in [0, 0.1) is 5.92 Å². The van der Waals surface area contributed by atoms with Crippen molar-refractivity contribution in [3.8, 4) is 5.75 Å². The number of ether oxygens (including phenoxy) is 1. The van der Waals surface area contributed by atoms with Gasteiger partial charge in [-0.25, -0.2) is 0 Å². The second-order valence-electron chi connectivity index (χ2n) is 6.29. The number of methoxy groups -OCH3 is 1. The quantitative estimate of drug-likeness (QED) is 0.869. The van der Waals surface area contributed by atoms with Crippen molar-refractivity contribution in [2.75, 3.05) is 40.8 Å². The third-order valence-corrected chi connectivity index (χ3v) is 4.25. The van der Waals surface area contributed by atoms with Crippen LogP contribution in [0.5, 0.6) is 5.75 Å². The van der Waals surface area contributed by atoms with Crippen LogP contribution in [0.15, 0.2) is 18.2 Å². The normalized spacial score (nSPS) is 17.4. The van der Waals surface area contributed by atoms with Crippen LogP contribution in [-0.2, 0) is 13.2 Å². The molecular formula is C17H28N2O2. The van der Waals surface area contributed by atoms with Gasteiger partial charge in [-0.3, -0.25) is 4.90 Å². The molecule has 1 aromatic carbocycles. The fourth-order valence-electron chi connectivity index (χ4n) is 3.14. The number of rotatable bonds is 6. The molecule has 1 aliphatic heterocycles. The van der Waals surface area contributed by atoms with Gasteiger partial charge in [-0.2, -0.15) is 0 Å². The maximum Gasteiger partial charge on any atom is 0.123 e. The average Bonchev–Trinajstić information content (AvgIpc) is 2.48. The van der Waals surface area contributed by atoms with E-state index in [1.165, 1.54) is 24.9 Å². The summed E-state index contributed by atoms with van der Waals surface area (Å²) in [6, 6.07) is 5.94. The lowest BCUT2D eigenvalue weighted by atomic mass is 9.96. The Morgan fingerprint density at radius 3 is 2.57 bits per heavy atom. The van der Waals surface area contributed by atoms with E-state index < -0.39 is 0 Å². The number of likely N-dealkylation sites (tertiary alicyclic amines) is 1. The summed E-state index contributed by atoms with van der Waals surface area (Å²) in [4.78, 5) is 4.78. The van der Waals surface area contributed by atoms with E-state index >= 15 is 0 Å². The summed E-state index contributed by atoms with van der Waals surface area (Å²) in [5, 5.41) is 9.29. The van der Waals surface area contributed by atoms with E-state index in [9.17, 15) is 5.11 Å². The minimum Gasteiger partial charge on any atom is -0.496 e. The number of nitrogens with zero attached hydrogens (tertiary/aromatic N) is 2. The largest absolute Gasteiger partial charge is 0.496 e. The number of aliphatic hydroxyl groups is 1. The highest BCUT2D eigenvalue weighted by Crippen LogP contribution is 2.25. The Labute approximate surface area is 128 Å². The fraction of sp³-hybridized carbons (Fsp3) is 0.647. The van der Waals surface area contributed by atoms with Crippen LogP contribution in [0.3, 0.4) is 0 Å². The Balaban J connectivity index is 1.93. The van der Waals surface area contributed by atoms with Crippen molar-refractivity contribution < 1.29 is 9.84 Å². The van der Waals surface area contributed by atoms with Gasteiger partial charge in [0.2, 0.25) is 0 Å². The summed E-state index contributed by atoms with van der Waals surface area (Å²) in [5.41, 5.74) is 2.13. The van der Waals surface area contributed by atoms with Gasteiger partial charge in [0.1, 0.15) is 5.75 Å². The van der Waals surface area contributed by atoms with Gasteiger partial charge in [-0.1, -0.05) is 6.07 Å². The zero-order chi connectivity index (χ0) is 15.2. The molecule has 0 saturated carbocycles. The molecule has 2 rings (SSSR count). The number of benzene rings is 1. The molecule has 1 aromatic rings. The standard InChI is InChI=1S/C17H28N2O2/c1-18(2)11-14-6-8-19(9-7-14)12-16-10-15(13-20)4-5-17(16)21-3/h4-5,10,14,20H,6-9,11-13H2,1-3H3. The van der Waals surface area contributed by atoms with Gasteiger partial charge in [0, 0.05) is 18.7 Å². The fourth-order valence-corrected chi connectivity index (χ4v) is 3.14. The van der Waals surface area contributed by atoms with Crippen molar-refractivity contribution in [3.63, 3.8) is 0 Å². The molecule has 0 aliphatic carbocycles. The van der Waals surface area contributed by atoms with E-state index in [4.69, 9.17) is 4.74 Å². The Morgan fingerprint density at radius 1 is 1.29 bits per heavy atom. The van der Waals surface area contributed by atoms with E-state index in [0.717, 1.165) is 36.9 Å². The highest BCUT2D eigenvalue weighted by Gasteiger charge is 2.20. The van der Waals surface area contributed by atoms with E-state index in [2.05, 4.69) is 30.0 Å². The van der Waals surface area contributed by atoms with Crippen LogP contribution in [0.4, 0.5) is 0 Å². The number of hydrogen-bond donors (Lipinski definition) is 1. The van der Waals surface area contributed by atoms with Crippen LogP contribution in [0.2, 0.25) is 0 Å². The predicted octanol–water partition coefficient (Wildman–Crippen LogP) is 1.96. The molecule has 0 amide bonds. The van der Waals surface area contributed by atoms with Gasteiger partial charge in [-0.05, 0) is 63.6 Å². The molecule has 4 heteroatoms. The zero-order valence-electron chi connectivity index (χ0n) is 13.5. The summed E-state index contributed by atoms with van der Waals surface area (Å²) in [6.07, 6.45) is 2.53. The molecule has 1 aliphatic rings. The van der Waals surface area contributed by atoms with Crippen LogP contribution < -0.4 is 4.74 Å². The van der Waals surface area contributed by atoms with Crippen molar-refractivity contribution in [1.82, 2.24) is 9.80 Å². The monoisotopic (exact) mass is 292 g/mol. The SMILES string of the molecule is COc1ccc(CO)cc1CN1CCC(CN(C)C)CC1. The zero-order valence-corrected chi connectivity index (χ0v) is 13.5. The van der Waals surface area contributed by atoms with E-state index in [1.807, 2.05) is 12.1 Å². The number of hydrogen-bond acceptors (Lipinski definition) is 4. The van der Waals surface area contributed by atoms with Crippen molar-refractivity contribution in [2.24, 2.45) is 5.92 Å². The van der Waals surface area contributed by atoms with Gasteiger partial charge in [-0.15, -0.1) is 0 Å². The minimum atomic E-state index is 0.0852. The minimum absolute atomic E-state index is 0.0852. The highest BCUT2D eigenvalue weighted by molar-refractivity contribution is 5.37. The van der Waals surface area contributed by atoms with Gasteiger partial charge >= 0.3 is 0 Å². The molecular weight excluding hydrogens is 264 g/mol. The van der Waals surface area contributed by atoms with Crippen LogP contribution in [-0.4, -0.2) is 55.7 Å². The molecule has 1 N–H and O–H groups in total. The molecule has 118 valence electrons. The van der Waals surface area contributed by atoms with E-state index in [1.54, 1.807) is 7.11 Å². The molecule has 0 spiro atoms. The molecule has 21 heavy (non-hydrogen) atoms.